The Morgan fingerprint density at radius 3 is 2.57 bits per heavy atom. The van der Waals surface area contributed by atoms with E-state index in [9.17, 15) is 22.8 Å². The molecule has 0 N–H and O–H groups in total. The van der Waals surface area contributed by atoms with Gasteiger partial charge in [0.05, 0.1) is 18.9 Å². The number of urea groups is 1. The molecule has 0 spiro atoms. The molecule has 1 aliphatic carbocycles. The summed E-state index contributed by atoms with van der Waals surface area (Å²) in [5.74, 6) is 1.94. The van der Waals surface area contributed by atoms with Crippen LogP contribution in [0.3, 0.4) is 0 Å². The number of aromatic nitrogens is 1. The lowest BCUT2D eigenvalue weighted by Crippen LogP contribution is -2.56. The molecule has 35 heavy (non-hydrogen) atoms. The topological polar surface area (TPSA) is 72.0 Å². The Kier molecular flexibility index (Phi) is 6.92. The fourth-order valence-corrected chi connectivity index (χ4v) is 6.24. The lowest BCUT2D eigenvalue weighted by atomic mass is 9.71. The van der Waals surface area contributed by atoms with Crippen molar-refractivity contribution in [3.05, 3.63) is 24.0 Å². The van der Waals surface area contributed by atoms with E-state index < -0.39 is 11.9 Å². The van der Waals surface area contributed by atoms with Crippen LogP contribution in [0, 0.1) is 23.7 Å². The highest BCUT2D eigenvalue weighted by molar-refractivity contribution is 5.81. The molecular formula is C25H32F3N3O4. The Bertz CT molecular complexity index is 926. The van der Waals surface area contributed by atoms with Crippen LogP contribution in [-0.2, 0) is 15.7 Å². The number of halogens is 3. The first-order valence-corrected chi connectivity index (χ1v) is 12.6. The number of amides is 2. The molecule has 3 aliphatic heterocycles. The maximum Gasteiger partial charge on any atom is 0.433 e. The van der Waals surface area contributed by atoms with Gasteiger partial charge in [-0.25, -0.2) is 9.78 Å². The molecule has 3 unspecified atom stereocenters. The SMILES string of the molecule is O=C1CO[C@H]2CCN(C(=O)N3CCC4CC(COc5ccc(C(F)(F)F)nc5)CCC4C3)C[C@H]2C1. The van der Waals surface area contributed by atoms with Gasteiger partial charge in [0.1, 0.15) is 18.1 Å². The zero-order valence-electron chi connectivity index (χ0n) is 19.7. The van der Waals surface area contributed by atoms with E-state index in [1.54, 1.807) is 0 Å². The van der Waals surface area contributed by atoms with E-state index >= 15 is 0 Å². The number of carbonyl (C=O) groups excluding carboxylic acids is 2. The van der Waals surface area contributed by atoms with E-state index in [4.69, 9.17) is 9.47 Å². The molecule has 10 heteroatoms. The fraction of sp³-hybridized carbons (Fsp3) is 0.720. The van der Waals surface area contributed by atoms with Gasteiger partial charge in [0.2, 0.25) is 0 Å². The second kappa shape index (κ2) is 9.95. The van der Waals surface area contributed by atoms with Crippen LogP contribution in [0.4, 0.5) is 18.0 Å². The molecule has 5 atom stereocenters. The van der Waals surface area contributed by atoms with E-state index in [1.165, 1.54) is 6.07 Å². The molecule has 1 aromatic rings. The van der Waals surface area contributed by atoms with Gasteiger partial charge in [-0.2, -0.15) is 13.2 Å². The van der Waals surface area contributed by atoms with Crippen molar-refractivity contribution in [1.29, 1.82) is 0 Å². The smallest absolute Gasteiger partial charge is 0.433 e. The summed E-state index contributed by atoms with van der Waals surface area (Å²) in [5, 5.41) is 0. The van der Waals surface area contributed by atoms with Crippen molar-refractivity contribution in [1.82, 2.24) is 14.8 Å². The zero-order valence-corrected chi connectivity index (χ0v) is 19.7. The highest BCUT2D eigenvalue weighted by Crippen LogP contribution is 2.40. The minimum Gasteiger partial charge on any atom is -0.492 e. The van der Waals surface area contributed by atoms with Crippen molar-refractivity contribution < 1.29 is 32.2 Å². The Morgan fingerprint density at radius 2 is 1.83 bits per heavy atom. The minimum absolute atomic E-state index is 0.0835. The third kappa shape index (κ3) is 5.57. The van der Waals surface area contributed by atoms with Crippen LogP contribution in [0.5, 0.6) is 5.75 Å². The first-order chi connectivity index (χ1) is 16.8. The van der Waals surface area contributed by atoms with Gasteiger partial charge in [0.25, 0.3) is 0 Å². The maximum absolute atomic E-state index is 13.2. The number of likely N-dealkylation sites (tertiary alicyclic amines) is 2. The Hall–Kier alpha value is -2.36. The van der Waals surface area contributed by atoms with E-state index in [1.807, 2.05) is 9.80 Å². The van der Waals surface area contributed by atoms with E-state index in [2.05, 4.69) is 4.98 Å². The van der Waals surface area contributed by atoms with Gasteiger partial charge in [-0.15, -0.1) is 0 Å². The van der Waals surface area contributed by atoms with Crippen LogP contribution < -0.4 is 4.74 Å². The number of carbonyl (C=O) groups is 2. The quantitative estimate of drug-likeness (QED) is 0.634. The molecule has 2 amide bonds. The molecule has 5 rings (SSSR count). The van der Waals surface area contributed by atoms with Crippen LogP contribution in [0.2, 0.25) is 0 Å². The third-order valence-electron chi connectivity index (χ3n) is 8.14. The summed E-state index contributed by atoms with van der Waals surface area (Å²) in [6.45, 7) is 3.44. The Morgan fingerprint density at radius 1 is 1.06 bits per heavy atom. The molecule has 0 bridgehead atoms. The van der Waals surface area contributed by atoms with E-state index in [0.717, 1.165) is 57.5 Å². The molecule has 4 aliphatic rings. The number of fused-ring (bicyclic) bond motifs is 2. The first-order valence-electron chi connectivity index (χ1n) is 12.6. The molecular weight excluding hydrogens is 463 g/mol. The van der Waals surface area contributed by atoms with Crippen LogP contribution in [0.15, 0.2) is 18.3 Å². The lowest BCUT2D eigenvalue weighted by molar-refractivity contribution is -0.141. The average molecular weight is 496 g/mol. The molecule has 7 nitrogen and oxygen atoms in total. The predicted octanol–water partition coefficient (Wildman–Crippen LogP) is 4.02. The summed E-state index contributed by atoms with van der Waals surface area (Å²) in [6.07, 6.45) is 2.03. The average Bonchev–Trinajstić information content (AvgIpc) is 2.86. The van der Waals surface area contributed by atoms with Crippen LogP contribution in [-0.4, -0.2) is 72.1 Å². The standard InChI is InChI=1S/C25H32F3N3O4/c26-25(27,28)23-4-3-21(11-29-23)34-14-16-1-2-18-12-30(7-5-17(18)9-16)24(33)31-8-6-22-19(13-31)10-20(32)15-35-22/h3-4,11,16-19,22H,1-2,5-10,12-15H2/t16?,17?,18?,19-,22+/m1/s1. The number of pyridine rings is 1. The van der Waals surface area contributed by atoms with Gasteiger partial charge < -0.3 is 19.3 Å². The molecule has 0 radical (unpaired) electrons. The third-order valence-corrected chi connectivity index (χ3v) is 8.14. The predicted molar refractivity (Wildman–Crippen MR) is 120 cm³/mol. The normalized spacial score (nSPS) is 31.5. The van der Waals surface area contributed by atoms with Crippen molar-refractivity contribution in [2.24, 2.45) is 23.7 Å². The summed E-state index contributed by atoms with van der Waals surface area (Å²) in [7, 11) is 0. The molecule has 1 aromatic heterocycles. The summed E-state index contributed by atoms with van der Waals surface area (Å²) < 4.78 is 49.4. The summed E-state index contributed by atoms with van der Waals surface area (Å²) in [6, 6.07) is 2.35. The van der Waals surface area contributed by atoms with Crippen molar-refractivity contribution in [2.45, 2.75) is 50.8 Å². The highest BCUT2D eigenvalue weighted by Gasteiger charge is 2.41. The van der Waals surface area contributed by atoms with Gasteiger partial charge >= 0.3 is 12.2 Å². The first kappa shape index (κ1) is 24.3. The van der Waals surface area contributed by atoms with Gasteiger partial charge in [0, 0.05) is 38.5 Å². The van der Waals surface area contributed by atoms with E-state index in [-0.39, 0.29) is 30.4 Å². The number of nitrogens with zero attached hydrogens (tertiary/aromatic N) is 3. The zero-order chi connectivity index (χ0) is 24.6. The number of piperidine rings is 2. The highest BCUT2D eigenvalue weighted by atomic mass is 19.4. The van der Waals surface area contributed by atoms with E-state index in [0.29, 0.717) is 49.6 Å². The monoisotopic (exact) mass is 495 g/mol. The molecule has 4 heterocycles. The maximum atomic E-state index is 13.2. The van der Waals surface area contributed by atoms with Gasteiger partial charge in [-0.1, -0.05) is 0 Å². The van der Waals surface area contributed by atoms with Gasteiger partial charge in [-0.3, -0.25) is 4.79 Å². The number of Topliss-reactive ketones (excluding diaryl/α,β-unsaturated/α-hetero) is 1. The van der Waals surface area contributed by atoms with Crippen molar-refractivity contribution in [3.8, 4) is 5.75 Å². The van der Waals surface area contributed by atoms with Crippen molar-refractivity contribution >= 4 is 11.8 Å². The summed E-state index contributed by atoms with van der Waals surface area (Å²) in [4.78, 5) is 32.3. The Balaban J connectivity index is 1.08. The number of ketones is 1. The van der Waals surface area contributed by atoms with Crippen LogP contribution >= 0.6 is 0 Å². The van der Waals surface area contributed by atoms with Crippen molar-refractivity contribution in [3.63, 3.8) is 0 Å². The molecule has 1 saturated carbocycles. The largest absolute Gasteiger partial charge is 0.492 e. The molecule has 192 valence electrons. The summed E-state index contributed by atoms with van der Waals surface area (Å²) >= 11 is 0. The molecule has 4 fully saturated rings. The molecule has 0 aromatic carbocycles. The second-order valence-corrected chi connectivity index (χ2v) is 10.5. The lowest BCUT2D eigenvalue weighted by Gasteiger charge is -2.46. The Labute approximate surface area is 202 Å². The van der Waals surface area contributed by atoms with Gasteiger partial charge in [0.15, 0.2) is 5.78 Å². The number of hydrogen-bond donors (Lipinski definition) is 0. The second-order valence-electron chi connectivity index (χ2n) is 10.5. The fourth-order valence-electron chi connectivity index (χ4n) is 6.24. The van der Waals surface area contributed by atoms with Crippen molar-refractivity contribution in [2.75, 3.05) is 39.4 Å². The number of alkyl halides is 3. The van der Waals surface area contributed by atoms with Crippen LogP contribution in [0.25, 0.3) is 0 Å². The minimum atomic E-state index is -4.45. The number of ether oxygens (including phenoxy) is 2. The summed E-state index contributed by atoms with van der Waals surface area (Å²) in [5.41, 5.74) is -0.920. The van der Waals surface area contributed by atoms with Crippen LogP contribution in [0.1, 0.15) is 44.2 Å². The number of rotatable bonds is 3. The number of hydrogen-bond acceptors (Lipinski definition) is 5. The molecule has 3 saturated heterocycles. The van der Waals surface area contributed by atoms with Gasteiger partial charge in [-0.05, 0) is 62.0 Å².